The number of amides is 1. The van der Waals surface area contributed by atoms with Crippen molar-refractivity contribution in [1.82, 2.24) is 9.88 Å². The summed E-state index contributed by atoms with van der Waals surface area (Å²) in [6.07, 6.45) is 1.80. The molecule has 0 unspecified atom stereocenters. The van der Waals surface area contributed by atoms with E-state index >= 15 is 0 Å². The van der Waals surface area contributed by atoms with E-state index in [1.807, 2.05) is 56.5 Å². The van der Waals surface area contributed by atoms with Gasteiger partial charge in [-0.15, -0.1) is 0 Å². The van der Waals surface area contributed by atoms with Crippen LogP contribution in [0.15, 0.2) is 30.5 Å². The molecule has 1 aromatic heterocycles. The molecular weight excluding hydrogens is 264 g/mol. The lowest BCUT2D eigenvalue weighted by Gasteiger charge is -2.09. The molecular formula is C17H22N2O2. The zero-order valence-corrected chi connectivity index (χ0v) is 13.0. The molecule has 2 aromatic rings. The van der Waals surface area contributed by atoms with E-state index in [1.165, 1.54) is 0 Å². The smallest absolute Gasteiger partial charge is 0.240 e. The fourth-order valence-electron chi connectivity index (χ4n) is 2.41. The van der Waals surface area contributed by atoms with Gasteiger partial charge in [-0.25, -0.2) is 0 Å². The van der Waals surface area contributed by atoms with E-state index in [0.717, 1.165) is 10.9 Å². The number of carbonyl (C=O) groups excluding carboxylic acids is 2. The number of ketones is 1. The molecule has 0 spiro atoms. The highest BCUT2D eigenvalue weighted by Crippen LogP contribution is 2.23. The highest BCUT2D eigenvalue weighted by Gasteiger charge is 2.18. The summed E-state index contributed by atoms with van der Waals surface area (Å²) in [4.78, 5) is 24.3. The van der Waals surface area contributed by atoms with Gasteiger partial charge < -0.3 is 9.88 Å². The van der Waals surface area contributed by atoms with Crippen molar-refractivity contribution >= 4 is 22.6 Å². The van der Waals surface area contributed by atoms with Crippen molar-refractivity contribution < 1.29 is 9.59 Å². The summed E-state index contributed by atoms with van der Waals surface area (Å²) < 4.78 is 1.85. The summed E-state index contributed by atoms with van der Waals surface area (Å²) in [6, 6.07) is 7.81. The Morgan fingerprint density at radius 3 is 2.43 bits per heavy atom. The van der Waals surface area contributed by atoms with Gasteiger partial charge in [0.15, 0.2) is 5.78 Å². The van der Waals surface area contributed by atoms with Gasteiger partial charge in [0, 0.05) is 34.6 Å². The summed E-state index contributed by atoms with van der Waals surface area (Å²) in [5.74, 6) is -0.00253. The second-order valence-electron chi connectivity index (χ2n) is 5.93. The van der Waals surface area contributed by atoms with E-state index in [-0.39, 0.29) is 30.2 Å². The number of Topliss-reactive ketones (excluding diaryl/α,β-unsaturated/α-hetero) is 1. The lowest BCUT2D eigenvalue weighted by Crippen LogP contribution is -2.32. The van der Waals surface area contributed by atoms with Crippen molar-refractivity contribution in [3.05, 3.63) is 36.0 Å². The van der Waals surface area contributed by atoms with Crippen molar-refractivity contribution in [3.63, 3.8) is 0 Å². The van der Waals surface area contributed by atoms with Gasteiger partial charge in [-0.1, -0.05) is 32.0 Å². The molecule has 0 aliphatic rings. The maximum absolute atomic E-state index is 12.3. The lowest BCUT2D eigenvalue weighted by molar-refractivity contribution is -0.122. The van der Waals surface area contributed by atoms with Gasteiger partial charge >= 0.3 is 0 Å². The van der Waals surface area contributed by atoms with Crippen LogP contribution < -0.4 is 5.32 Å². The molecule has 4 nitrogen and oxygen atoms in total. The van der Waals surface area contributed by atoms with Crippen molar-refractivity contribution in [2.45, 2.75) is 40.3 Å². The molecule has 0 aliphatic heterocycles. The van der Waals surface area contributed by atoms with Crippen LogP contribution in [0.4, 0.5) is 0 Å². The van der Waals surface area contributed by atoms with Crippen LogP contribution in [0.1, 0.15) is 38.1 Å². The topological polar surface area (TPSA) is 51.1 Å². The fourth-order valence-corrected chi connectivity index (χ4v) is 2.41. The van der Waals surface area contributed by atoms with E-state index in [0.29, 0.717) is 5.56 Å². The first kappa shape index (κ1) is 15.3. The minimum absolute atomic E-state index is 0.0469. The largest absolute Gasteiger partial charge is 0.352 e. The van der Waals surface area contributed by atoms with Gasteiger partial charge in [0.1, 0.15) is 6.54 Å². The molecule has 112 valence electrons. The molecule has 2 rings (SSSR count). The minimum Gasteiger partial charge on any atom is -0.352 e. The zero-order valence-electron chi connectivity index (χ0n) is 13.0. The number of benzene rings is 1. The number of hydrogen-bond donors (Lipinski definition) is 1. The van der Waals surface area contributed by atoms with Crippen LogP contribution in [-0.4, -0.2) is 22.3 Å². The monoisotopic (exact) mass is 286 g/mol. The average Bonchev–Trinajstić information content (AvgIpc) is 2.76. The Hall–Kier alpha value is -2.10. The van der Waals surface area contributed by atoms with Gasteiger partial charge in [0.05, 0.1) is 0 Å². The average molecular weight is 286 g/mol. The number of rotatable bonds is 5. The first-order valence-electron chi connectivity index (χ1n) is 7.31. The van der Waals surface area contributed by atoms with Crippen LogP contribution in [0.25, 0.3) is 10.9 Å². The molecule has 0 saturated heterocycles. The van der Waals surface area contributed by atoms with Gasteiger partial charge in [-0.05, 0) is 19.9 Å². The second kappa shape index (κ2) is 6.12. The van der Waals surface area contributed by atoms with Gasteiger partial charge in [-0.2, -0.15) is 0 Å². The molecule has 0 fully saturated rings. The maximum Gasteiger partial charge on any atom is 0.240 e. The Morgan fingerprint density at radius 1 is 1.14 bits per heavy atom. The summed E-state index contributed by atoms with van der Waals surface area (Å²) in [6.45, 7) is 7.86. The third-order valence-corrected chi connectivity index (χ3v) is 3.34. The maximum atomic E-state index is 12.3. The lowest BCUT2D eigenvalue weighted by atomic mass is 10.0. The van der Waals surface area contributed by atoms with Crippen molar-refractivity contribution in [2.24, 2.45) is 5.92 Å². The Morgan fingerprint density at radius 2 is 1.81 bits per heavy atom. The van der Waals surface area contributed by atoms with Crippen molar-refractivity contribution in [1.29, 1.82) is 0 Å². The SMILES string of the molecule is CC(C)NC(=O)Cn1cc(C(=O)C(C)C)c2ccccc21. The first-order valence-corrected chi connectivity index (χ1v) is 7.31. The van der Waals surface area contributed by atoms with Gasteiger partial charge in [0.25, 0.3) is 0 Å². The fraction of sp³-hybridized carbons (Fsp3) is 0.412. The van der Waals surface area contributed by atoms with Crippen LogP contribution >= 0.6 is 0 Å². The van der Waals surface area contributed by atoms with Crippen molar-refractivity contribution in [2.75, 3.05) is 0 Å². The molecule has 4 heteroatoms. The third-order valence-electron chi connectivity index (χ3n) is 3.34. The molecule has 1 amide bonds. The Bertz CT molecular complexity index is 668. The summed E-state index contributed by atoms with van der Waals surface area (Å²) in [7, 11) is 0. The van der Waals surface area contributed by atoms with Crippen LogP contribution in [-0.2, 0) is 11.3 Å². The summed E-state index contributed by atoms with van der Waals surface area (Å²) in [5, 5.41) is 3.78. The third kappa shape index (κ3) is 3.32. The predicted molar refractivity (Wildman–Crippen MR) is 84.4 cm³/mol. The molecule has 1 heterocycles. The number of nitrogens with one attached hydrogen (secondary N) is 1. The number of nitrogens with zero attached hydrogens (tertiary/aromatic N) is 1. The molecule has 0 radical (unpaired) electrons. The summed E-state index contributed by atoms with van der Waals surface area (Å²) in [5.41, 5.74) is 1.61. The summed E-state index contributed by atoms with van der Waals surface area (Å²) >= 11 is 0. The minimum atomic E-state index is -0.0613. The quantitative estimate of drug-likeness (QED) is 0.859. The normalized spacial score (nSPS) is 11.3. The molecule has 0 aliphatic carbocycles. The zero-order chi connectivity index (χ0) is 15.6. The number of carbonyl (C=O) groups is 2. The molecule has 21 heavy (non-hydrogen) atoms. The molecule has 0 atom stereocenters. The number of hydrogen-bond acceptors (Lipinski definition) is 2. The number of aromatic nitrogens is 1. The van der Waals surface area contributed by atoms with E-state index in [1.54, 1.807) is 6.20 Å². The van der Waals surface area contributed by atoms with Gasteiger partial charge in [0.2, 0.25) is 5.91 Å². The van der Waals surface area contributed by atoms with Gasteiger partial charge in [-0.3, -0.25) is 9.59 Å². The van der Waals surface area contributed by atoms with Crippen LogP contribution in [0.5, 0.6) is 0 Å². The second-order valence-corrected chi connectivity index (χ2v) is 5.93. The standard InChI is InChI=1S/C17H22N2O2/c1-11(2)17(21)14-9-19(10-16(20)18-12(3)4)15-8-6-5-7-13(14)15/h5-9,11-12H,10H2,1-4H3,(H,18,20). The van der Waals surface area contributed by atoms with Crippen LogP contribution in [0.2, 0.25) is 0 Å². The van der Waals surface area contributed by atoms with E-state index in [4.69, 9.17) is 0 Å². The van der Waals surface area contributed by atoms with E-state index in [2.05, 4.69) is 5.32 Å². The van der Waals surface area contributed by atoms with Crippen LogP contribution in [0, 0.1) is 5.92 Å². The highest BCUT2D eigenvalue weighted by atomic mass is 16.2. The Kier molecular flexibility index (Phi) is 4.46. The number of fused-ring (bicyclic) bond motifs is 1. The molecule has 1 N–H and O–H groups in total. The molecule has 1 aromatic carbocycles. The Labute approximate surface area is 125 Å². The molecule has 0 saturated carbocycles. The van der Waals surface area contributed by atoms with Crippen LogP contribution in [0.3, 0.4) is 0 Å². The Balaban J connectivity index is 2.41. The first-order chi connectivity index (χ1) is 9.90. The van der Waals surface area contributed by atoms with Crippen molar-refractivity contribution in [3.8, 4) is 0 Å². The number of para-hydroxylation sites is 1. The van der Waals surface area contributed by atoms with E-state index in [9.17, 15) is 9.59 Å². The van der Waals surface area contributed by atoms with E-state index < -0.39 is 0 Å². The molecule has 0 bridgehead atoms. The predicted octanol–water partition coefficient (Wildman–Crippen LogP) is 3.00. The highest BCUT2D eigenvalue weighted by molar-refractivity contribution is 6.09.